The number of carbonyl (C=O) groups is 1. The van der Waals surface area contributed by atoms with Gasteiger partial charge in [-0.2, -0.15) is 0 Å². The molecular weight excluding hydrogens is 535 g/mol. The van der Waals surface area contributed by atoms with Gasteiger partial charge in [0, 0.05) is 27.8 Å². The van der Waals surface area contributed by atoms with Crippen molar-refractivity contribution < 1.29 is 14.3 Å². The lowest BCUT2D eigenvalue weighted by atomic mass is 10.0. The number of halogens is 2. The summed E-state index contributed by atoms with van der Waals surface area (Å²) in [4.78, 5) is 13.4. The largest absolute Gasteiger partial charge is 0.493 e. The molecule has 4 aromatic carbocycles. The maximum atomic E-state index is 13.4. The minimum atomic E-state index is -0.744. The third kappa shape index (κ3) is 7.66. The Kier molecular flexibility index (Phi) is 9.31. The second kappa shape index (κ2) is 13.0. The van der Waals surface area contributed by atoms with Gasteiger partial charge in [0.1, 0.15) is 18.5 Å². The number of amides is 1. The highest BCUT2D eigenvalue weighted by Gasteiger charge is 2.22. The first-order valence-electron chi connectivity index (χ1n) is 12.1. The monoisotopic (exact) mass is 562 g/mol. The first-order chi connectivity index (χ1) is 18.8. The van der Waals surface area contributed by atoms with E-state index in [0.29, 0.717) is 44.9 Å². The summed E-state index contributed by atoms with van der Waals surface area (Å²) in [5, 5.41) is 15.0. The van der Waals surface area contributed by atoms with Crippen LogP contribution in [0.15, 0.2) is 91.0 Å². The van der Waals surface area contributed by atoms with Gasteiger partial charge in [0.25, 0.3) is 0 Å². The molecule has 39 heavy (non-hydrogen) atoms. The van der Waals surface area contributed by atoms with E-state index in [2.05, 4.69) is 10.6 Å². The summed E-state index contributed by atoms with van der Waals surface area (Å²) < 4.78 is 11.6. The molecule has 7 nitrogen and oxygen atoms in total. The van der Waals surface area contributed by atoms with Gasteiger partial charge in [-0.05, 0) is 71.3 Å². The predicted molar refractivity (Wildman–Crippen MR) is 156 cm³/mol. The van der Waals surface area contributed by atoms with Crippen LogP contribution < -0.4 is 25.8 Å². The van der Waals surface area contributed by atoms with Crippen molar-refractivity contribution in [2.45, 2.75) is 19.2 Å². The zero-order valence-electron chi connectivity index (χ0n) is 21.2. The number of hydrogen-bond donors (Lipinski definition) is 4. The number of hydrogen-bond acceptors (Lipinski definition) is 5. The molecule has 1 amide bonds. The van der Waals surface area contributed by atoms with Crippen LogP contribution in [0.3, 0.4) is 0 Å². The van der Waals surface area contributed by atoms with Gasteiger partial charge >= 0.3 is 0 Å². The average Bonchev–Trinajstić information content (AvgIpc) is 2.93. The molecule has 0 radical (unpaired) electrons. The van der Waals surface area contributed by atoms with Crippen molar-refractivity contribution in [2.24, 2.45) is 5.73 Å². The van der Waals surface area contributed by atoms with Crippen molar-refractivity contribution in [3.05, 3.63) is 123 Å². The van der Waals surface area contributed by atoms with E-state index < -0.39 is 6.04 Å². The Morgan fingerprint density at radius 3 is 2.23 bits per heavy atom. The van der Waals surface area contributed by atoms with Crippen LogP contribution in [-0.4, -0.2) is 18.9 Å². The fourth-order valence-corrected chi connectivity index (χ4v) is 4.51. The van der Waals surface area contributed by atoms with Crippen LogP contribution in [-0.2, 0) is 17.9 Å². The van der Waals surface area contributed by atoms with E-state index in [9.17, 15) is 4.79 Å². The zero-order chi connectivity index (χ0) is 27.8. The Morgan fingerprint density at radius 1 is 0.897 bits per heavy atom. The number of anilines is 1. The fourth-order valence-electron chi connectivity index (χ4n) is 3.94. The van der Waals surface area contributed by atoms with Crippen molar-refractivity contribution in [3.63, 3.8) is 0 Å². The van der Waals surface area contributed by atoms with Gasteiger partial charge in [0.2, 0.25) is 5.91 Å². The van der Waals surface area contributed by atoms with E-state index >= 15 is 0 Å². The number of rotatable bonds is 11. The summed E-state index contributed by atoms with van der Waals surface area (Å²) in [6, 6.07) is 26.5. The van der Waals surface area contributed by atoms with Gasteiger partial charge in [-0.15, -0.1) is 0 Å². The van der Waals surface area contributed by atoms with Gasteiger partial charge in [-0.3, -0.25) is 10.2 Å². The van der Waals surface area contributed by atoms with E-state index in [1.54, 1.807) is 61.7 Å². The molecule has 200 valence electrons. The first kappa shape index (κ1) is 27.8. The van der Waals surface area contributed by atoms with E-state index in [-0.39, 0.29) is 18.3 Å². The summed E-state index contributed by atoms with van der Waals surface area (Å²) in [6.07, 6.45) is 0. The van der Waals surface area contributed by atoms with Gasteiger partial charge in [-0.1, -0.05) is 59.6 Å². The summed E-state index contributed by atoms with van der Waals surface area (Å²) in [5.41, 5.74) is 9.33. The third-order valence-electron chi connectivity index (χ3n) is 5.92. The third-order valence-corrected chi connectivity index (χ3v) is 6.35. The topological polar surface area (TPSA) is 109 Å². The summed E-state index contributed by atoms with van der Waals surface area (Å²) in [7, 11) is 1.54. The number of benzene rings is 4. The molecule has 5 N–H and O–H groups in total. The molecular formula is C30H28Cl2N4O3. The second-order valence-corrected chi connectivity index (χ2v) is 9.62. The van der Waals surface area contributed by atoms with Crippen molar-refractivity contribution in [3.8, 4) is 11.5 Å². The number of amidine groups is 1. The molecule has 0 unspecified atom stereocenters. The SMILES string of the molecule is COc1cc([C@H](Nc2ccc(C(=N)N)cc2)C(=O)NCc2ccccc2)ccc1OCc1cc(Cl)cc(Cl)c1. The fraction of sp³-hybridized carbons (Fsp3) is 0.133. The van der Waals surface area contributed by atoms with Crippen molar-refractivity contribution >= 4 is 40.6 Å². The minimum Gasteiger partial charge on any atom is -0.493 e. The standard InChI is InChI=1S/C30H28Cl2N4O3/c1-38-27-15-22(9-12-26(27)39-18-20-13-23(31)16-24(32)14-20)28(30(37)35-17-19-5-3-2-4-6-19)36-25-10-7-21(8-11-25)29(33)34/h2-16,28,36H,17-18H2,1H3,(H3,33,34)(H,35,37)/t28-/m0/s1. The average molecular weight is 563 g/mol. The maximum Gasteiger partial charge on any atom is 0.247 e. The number of nitrogens with two attached hydrogens (primary N) is 1. The molecule has 0 aliphatic carbocycles. The highest BCUT2D eigenvalue weighted by molar-refractivity contribution is 6.34. The number of nitrogen functional groups attached to an aromatic ring is 1. The molecule has 4 aromatic rings. The van der Waals surface area contributed by atoms with Gasteiger partial charge in [-0.25, -0.2) is 0 Å². The lowest BCUT2D eigenvalue weighted by molar-refractivity contribution is -0.122. The molecule has 0 aromatic heterocycles. The highest BCUT2D eigenvalue weighted by Crippen LogP contribution is 2.33. The molecule has 0 aliphatic rings. The maximum absolute atomic E-state index is 13.4. The van der Waals surface area contributed by atoms with E-state index in [0.717, 1.165) is 11.1 Å². The van der Waals surface area contributed by atoms with Crippen molar-refractivity contribution in [1.82, 2.24) is 5.32 Å². The lowest BCUT2D eigenvalue weighted by Gasteiger charge is -2.22. The number of methoxy groups -OCH3 is 1. The van der Waals surface area contributed by atoms with Crippen LogP contribution in [0.4, 0.5) is 5.69 Å². The Bertz CT molecular complexity index is 1430. The van der Waals surface area contributed by atoms with E-state index in [4.69, 9.17) is 43.8 Å². The molecule has 4 rings (SSSR count). The van der Waals surface area contributed by atoms with Gasteiger partial charge in [0.05, 0.1) is 7.11 Å². The molecule has 0 aliphatic heterocycles. The molecule has 0 saturated carbocycles. The Balaban J connectivity index is 1.57. The smallest absolute Gasteiger partial charge is 0.247 e. The van der Waals surface area contributed by atoms with E-state index in [1.807, 2.05) is 36.4 Å². The lowest BCUT2D eigenvalue weighted by Crippen LogP contribution is -2.33. The number of nitrogens with one attached hydrogen (secondary N) is 3. The van der Waals surface area contributed by atoms with Gasteiger partial charge in [0.15, 0.2) is 11.5 Å². The molecule has 0 heterocycles. The van der Waals surface area contributed by atoms with Crippen LogP contribution >= 0.6 is 23.2 Å². The van der Waals surface area contributed by atoms with Crippen LogP contribution in [0.5, 0.6) is 11.5 Å². The summed E-state index contributed by atoms with van der Waals surface area (Å²) in [5.74, 6) is 0.722. The minimum absolute atomic E-state index is 0.0286. The number of carbonyl (C=O) groups excluding carboxylic acids is 1. The van der Waals surface area contributed by atoms with Crippen molar-refractivity contribution in [1.29, 1.82) is 5.41 Å². The Morgan fingerprint density at radius 2 is 1.59 bits per heavy atom. The second-order valence-electron chi connectivity index (χ2n) is 8.75. The van der Waals surface area contributed by atoms with Crippen molar-refractivity contribution in [2.75, 3.05) is 12.4 Å². The van der Waals surface area contributed by atoms with Crippen LogP contribution in [0, 0.1) is 5.41 Å². The highest BCUT2D eigenvalue weighted by atomic mass is 35.5. The Labute approximate surface area is 237 Å². The van der Waals surface area contributed by atoms with E-state index in [1.165, 1.54) is 0 Å². The zero-order valence-corrected chi connectivity index (χ0v) is 22.7. The summed E-state index contributed by atoms with van der Waals surface area (Å²) in [6.45, 7) is 0.610. The molecule has 1 atom stereocenters. The first-order valence-corrected chi connectivity index (χ1v) is 12.9. The van der Waals surface area contributed by atoms with Crippen LogP contribution in [0.25, 0.3) is 0 Å². The summed E-state index contributed by atoms with van der Waals surface area (Å²) >= 11 is 12.2. The molecule has 0 saturated heterocycles. The normalized spacial score (nSPS) is 11.4. The predicted octanol–water partition coefficient (Wildman–Crippen LogP) is 6.33. The van der Waals surface area contributed by atoms with Crippen LogP contribution in [0.1, 0.15) is 28.3 Å². The number of ether oxygens (including phenoxy) is 2. The van der Waals surface area contributed by atoms with Gasteiger partial charge < -0.3 is 25.8 Å². The quantitative estimate of drug-likeness (QED) is 0.126. The van der Waals surface area contributed by atoms with Crippen LogP contribution in [0.2, 0.25) is 10.0 Å². The molecule has 0 fully saturated rings. The Hall–Kier alpha value is -4.20. The molecule has 0 spiro atoms. The molecule has 9 heteroatoms. The molecule has 0 bridgehead atoms.